The largest absolute Gasteiger partial charge is 0.497 e. The van der Waals surface area contributed by atoms with Gasteiger partial charge in [-0.15, -0.1) is 0 Å². The van der Waals surface area contributed by atoms with Crippen molar-refractivity contribution >= 4 is 5.91 Å². The van der Waals surface area contributed by atoms with Crippen LogP contribution in [0, 0.1) is 6.92 Å². The molecule has 0 saturated carbocycles. The van der Waals surface area contributed by atoms with Crippen LogP contribution in [0.15, 0.2) is 48.5 Å². The van der Waals surface area contributed by atoms with E-state index >= 15 is 0 Å². The summed E-state index contributed by atoms with van der Waals surface area (Å²) in [5, 5.41) is 0. The standard InChI is InChI=1S/C20H23NO3/c1-14-6-4-5-7-18(14)20(22)21-12-19(24-13-15(21)2)16-8-10-17(23-3)11-9-16/h4-11,15,19H,12-13H2,1-3H3. The number of benzene rings is 2. The van der Waals surface area contributed by atoms with E-state index in [0.29, 0.717) is 13.2 Å². The summed E-state index contributed by atoms with van der Waals surface area (Å²) < 4.78 is 11.2. The molecular formula is C20H23NO3. The van der Waals surface area contributed by atoms with E-state index in [9.17, 15) is 4.79 Å². The number of nitrogens with zero attached hydrogens (tertiary/aromatic N) is 1. The summed E-state index contributed by atoms with van der Waals surface area (Å²) in [6, 6.07) is 15.6. The van der Waals surface area contributed by atoms with Gasteiger partial charge in [0.1, 0.15) is 11.9 Å². The van der Waals surface area contributed by atoms with Crippen LogP contribution in [0.3, 0.4) is 0 Å². The van der Waals surface area contributed by atoms with Gasteiger partial charge in [0.25, 0.3) is 5.91 Å². The van der Waals surface area contributed by atoms with Crippen molar-refractivity contribution in [3.63, 3.8) is 0 Å². The van der Waals surface area contributed by atoms with E-state index in [1.54, 1.807) is 7.11 Å². The number of morpholine rings is 1. The second kappa shape index (κ2) is 7.05. The zero-order valence-electron chi connectivity index (χ0n) is 14.4. The van der Waals surface area contributed by atoms with Crippen LogP contribution >= 0.6 is 0 Å². The molecular weight excluding hydrogens is 302 g/mol. The number of hydrogen-bond donors (Lipinski definition) is 0. The summed E-state index contributed by atoms with van der Waals surface area (Å²) in [6.45, 7) is 5.09. The molecule has 2 unspecified atom stereocenters. The zero-order valence-corrected chi connectivity index (χ0v) is 14.4. The Bertz CT molecular complexity index is 711. The molecule has 4 nitrogen and oxygen atoms in total. The van der Waals surface area contributed by atoms with Gasteiger partial charge in [-0.2, -0.15) is 0 Å². The molecule has 1 aliphatic heterocycles. The lowest BCUT2D eigenvalue weighted by atomic mass is 10.0. The molecule has 1 saturated heterocycles. The number of rotatable bonds is 3. The second-order valence-corrected chi connectivity index (χ2v) is 6.22. The third-order valence-electron chi connectivity index (χ3n) is 4.56. The third kappa shape index (κ3) is 3.29. The Morgan fingerprint density at radius 1 is 1.17 bits per heavy atom. The third-order valence-corrected chi connectivity index (χ3v) is 4.56. The van der Waals surface area contributed by atoms with E-state index in [-0.39, 0.29) is 18.1 Å². The molecule has 1 amide bonds. The maximum Gasteiger partial charge on any atom is 0.254 e. The Kier molecular flexibility index (Phi) is 4.86. The van der Waals surface area contributed by atoms with E-state index in [2.05, 4.69) is 0 Å². The lowest BCUT2D eigenvalue weighted by molar-refractivity contribution is -0.0487. The normalized spacial score (nSPS) is 20.7. The van der Waals surface area contributed by atoms with Gasteiger partial charge in [0.2, 0.25) is 0 Å². The fourth-order valence-electron chi connectivity index (χ4n) is 3.03. The maximum absolute atomic E-state index is 13.0. The van der Waals surface area contributed by atoms with Crippen molar-refractivity contribution < 1.29 is 14.3 Å². The first kappa shape index (κ1) is 16.5. The van der Waals surface area contributed by atoms with Crippen LogP contribution < -0.4 is 4.74 Å². The molecule has 0 spiro atoms. The number of aryl methyl sites for hydroxylation is 1. The van der Waals surface area contributed by atoms with Crippen molar-refractivity contribution in [1.82, 2.24) is 4.90 Å². The first-order valence-corrected chi connectivity index (χ1v) is 8.22. The van der Waals surface area contributed by atoms with Crippen LogP contribution in [0.25, 0.3) is 0 Å². The van der Waals surface area contributed by atoms with Crippen molar-refractivity contribution in [2.45, 2.75) is 26.0 Å². The van der Waals surface area contributed by atoms with Crippen molar-refractivity contribution in [1.29, 1.82) is 0 Å². The molecule has 2 aromatic rings. The highest BCUT2D eigenvalue weighted by Crippen LogP contribution is 2.27. The van der Waals surface area contributed by atoms with Gasteiger partial charge in [-0.25, -0.2) is 0 Å². The fraction of sp³-hybridized carbons (Fsp3) is 0.350. The van der Waals surface area contributed by atoms with Crippen LogP contribution in [0.2, 0.25) is 0 Å². The molecule has 24 heavy (non-hydrogen) atoms. The maximum atomic E-state index is 13.0. The topological polar surface area (TPSA) is 38.8 Å². The summed E-state index contributed by atoms with van der Waals surface area (Å²) in [6.07, 6.45) is -0.111. The summed E-state index contributed by atoms with van der Waals surface area (Å²) in [4.78, 5) is 14.9. The smallest absolute Gasteiger partial charge is 0.254 e. The molecule has 0 bridgehead atoms. The zero-order chi connectivity index (χ0) is 17.1. The van der Waals surface area contributed by atoms with Crippen molar-refractivity contribution in [3.8, 4) is 5.75 Å². The minimum atomic E-state index is -0.111. The molecule has 1 fully saturated rings. The van der Waals surface area contributed by atoms with Crippen molar-refractivity contribution in [2.24, 2.45) is 0 Å². The van der Waals surface area contributed by atoms with Gasteiger partial charge in [-0.3, -0.25) is 4.79 Å². The summed E-state index contributed by atoms with van der Waals surface area (Å²) in [5.41, 5.74) is 2.83. The van der Waals surface area contributed by atoms with Crippen LogP contribution in [-0.4, -0.2) is 37.1 Å². The van der Waals surface area contributed by atoms with Crippen LogP contribution in [0.1, 0.15) is 34.5 Å². The lowest BCUT2D eigenvalue weighted by Gasteiger charge is -2.38. The minimum Gasteiger partial charge on any atom is -0.497 e. The molecule has 0 N–H and O–H groups in total. The monoisotopic (exact) mass is 325 g/mol. The molecule has 0 aliphatic carbocycles. The van der Waals surface area contributed by atoms with Gasteiger partial charge in [-0.05, 0) is 43.2 Å². The van der Waals surface area contributed by atoms with E-state index in [4.69, 9.17) is 9.47 Å². The Balaban J connectivity index is 1.80. The molecule has 1 heterocycles. The molecule has 1 aliphatic rings. The SMILES string of the molecule is COc1ccc(C2CN(C(=O)c3ccccc3C)C(C)CO2)cc1. The summed E-state index contributed by atoms with van der Waals surface area (Å²) >= 11 is 0. The van der Waals surface area contributed by atoms with Gasteiger partial charge >= 0.3 is 0 Å². The first-order valence-electron chi connectivity index (χ1n) is 8.22. The van der Waals surface area contributed by atoms with E-state index in [0.717, 1.165) is 22.4 Å². The van der Waals surface area contributed by atoms with Crippen LogP contribution in [0.5, 0.6) is 5.75 Å². The second-order valence-electron chi connectivity index (χ2n) is 6.22. The number of carbonyl (C=O) groups is 1. The fourth-order valence-corrected chi connectivity index (χ4v) is 3.03. The van der Waals surface area contributed by atoms with E-state index < -0.39 is 0 Å². The number of ether oxygens (including phenoxy) is 2. The molecule has 0 aromatic heterocycles. The van der Waals surface area contributed by atoms with Gasteiger partial charge < -0.3 is 14.4 Å². The number of methoxy groups -OCH3 is 1. The highest BCUT2D eigenvalue weighted by atomic mass is 16.5. The van der Waals surface area contributed by atoms with Gasteiger partial charge in [0.05, 0.1) is 26.3 Å². The highest BCUT2D eigenvalue weighted by Gasteiger charge is 2.31. The molecule has 126 valence electrons. The predicted octanol–water partition coefficient (Wildman–Crippen LogP) is 3.61. The van der Waals surface area contributed by atoms with Crippen molar-refractivity contribution in [2.75, 3.05) is 20.3 Å². The Hall–Kier alpha value is -2.33. The summed E-state index contributed by atoms with van der Waals surface area (Å²) in [7, 11) is 1.65. The van der Waals surface area contributed by atoms with Gasteiger partial charge in [0, 0.05) is 5.56 Å². The molecule has 2 atom stereocenters. The van der Waals surface area contributed by atoms with Crippen LogP contribution in [0.4, 0.5) is 0 Å². The number of hydrogen-bond acceptors (Lipinski definition) is 3. The van der Waals surface area contributed by atoms with Crippen molar-refractivity contribution in [3.05, 3.63) is 65.2 Å². The molecule has 0 radical (unpaired) electrons. The average molecular weight is 325 g/mol. The number of amides is 1. The number of carbonyl (C=O) groups excluding carboxylic acids is 1. The average Bonchev–Trinajstić information content (AvgIpc) is 2.62. The Morgan fingerprint density at radius 2 is 1.88 bits per heavy atom. The van der Waals surface area contributed by atoms with Gasteiger partial charge in [0.15, 0.2) is 0 Å². The quantitative estimate of drug-likeness (QED) is 0.865. The van der Waals surface area contributed by atoms with E-state index in [1.165, 1.54) is 0 Å². The molecule has 3 rings (SSSR count). The van der Waals surface area contributed by atoms with Crippen LogP contribution in [-0.2, 0) is 4.74 Å². The molecule has 2 aromatic carbocycles. The van der Waals surface area contributed by atoms with E-state index in [1.807, 2.05) is 67.3 Å². The Morgan fingerprint density at radius 3 is 2.54 bits per heavy atom. The minimum absolute atomic E-state index is 0.0617. The highest BCUT2D eigenvalue weighted by molar-refractivity contribution is 5.95. The van der Waals surface area contributed by atoms with Gasteiger partial charge in [-0.1, -0.05) is 30.3 Å². The Labute approximate surface area is 143 Å². The first-order chi connectivity index (χ1) is 11.6. The lowest BCUT2D eigenvalue weighted by Crippen LogP contribution is -2.48. The predicted molar refractivity (Wildman–Crippen MR) is 93.4 cm³/mol. The molecule has 4 heteroatoms. The summed E-state index contributed by atoms with van der Waals surface area (Å²) in [5.74, 6) is 0.887.